The molecular formula is C29H32Cl3N3O4S. The third kappa shape index (κ3) is 7.91. The molecule has 11 heteroatoms. The second kappa shape index (κ2) is 14.2. The van der Waals surface area contributed by atoms with E-state index in [-0.39, 0.29) is 39.0 Å². The fourth-order valence-electron chi connectivity index (χ4n) is 4.06. The Morgan fingerprint density at radius 2 is 1.55 bits per heavy atom. The fraction of sp³-hybridized carbons (Fsp3) is 0.310. The van der Waals surface area contributed by atoms with Gasteiger partial charge in [0.05, 0.1) is 15.6 Å². The maximum absolute atomic E-state index is 14.1. The van der Waals surface area contributed by atoms with Crippen molar-refractivity contribution >= 4 is 62.3 Å². The number of hydrogen-bond donors (Lipinski definition) is 1. The van der Waals surface area contributed by atoms with Crippen molar-refractivity contribution in [1.82, 2.24) is 10.2 Å². The number of halogens is 3. The predicted octanol–water partition coefficient (Wildman–Crippen LogP) is 6.42. The van der Waals surface area contributed by atoms with Gasteiger partial charge in [-0.1, -0.05) is 92.0 Å². The summed E-state index contributed by atoms with van der Waals surface area (Å²) < 4.78 is 28.7. The summed E-state index contributed by atoms with van der Waals surface area (Å²) in [5.74, 6) is -0.748. The first-order chi connectivity index (χ1) is 18.9. The second-order valence-corrected chi connectivity index (χ2v) is 12.7. The number of benzene rings is 3. The Morgan fingerprint density at radius 1 is 0.900 bits per heavy atom. The molecule has 0 saturated heterocycles. The van der Waals surface area contributed by atoms with Crippen LogP contribution in [0.5, 0.6) is 0 Å². The Hall–Kier alpha value is -2.78. The maximum atomic E-state index is 14.1. The fourth-order valence-corrected chi connectivity index (χ4v) is 6.14. The van der Waals surface area contributed by atoms with Gasteiger partial charge in [0.25, 0.3) is 10.0 Å². The van der Waals surface area contributed by atoms with E-state index in [9.17, 15) is 18.0 Å². The van der Waals surface area contributed by atoms with Gasteiger partial charge in [0.2, 0.25) is 11.8 Å². The smallest absolute Gasteiger partial charge is 0.264 e. The van der Waals surface area contributed by atoms with Crippen LogP contribution in [0.15, 0.2) is 77.7 Å². The van der Waals surface area contributed by atoms with E-state index in [0.717, 1.165) is 4.31 Å². The third-order valence-corrected chi connectivity index (χ3v) is 8.85. The summed E-state index contributed by atoms with van der Waals surface area (Å²) in [6.45, 7) is 5.52. The Bertz CT molecular complexity index is 1440. The lowest BCUT2D eigenvalue weighted by molar-refractivity contribution is -0.140. The lowest BCUT2D eigenvalue weighted by Gasteiger charge is -2.33. The molecule has 1 atom stereocenters. The largest absolute Gasteiger partial charge is 0.354 e. The minimum Gasteiger partial charge on any atom is -0.354 e. The van der Waals surface area contributed by atoms with Gasteiger partial charge in [0.1, 0.15) is 12.6 Å². The first-order valence-electron chi connectivity index (χ1n) is 12.8. The van der Waals surface area contributed by atoms with Crippen molar-refractivity contribution < 1.29 is 18.0 Å². The molecular weight excluding hydrogens is 593 g/mol. The molecule has 0 heterocycles. The molecule has 40 heavy (non-hydrogen) atoms. The second-order valence-electron chi connectivity index (χ2n) is 9.60. The molecule has 3 aromatic carbocycles. The maximum Gasteiger partial charge on any atom is 0.264 e. The topological polar surface area (TPSA) is 86.8 Å². The minimum absolute atomic E-state index is 0.00534. The highest BCUT2D eigenvalue weighted by molar-refractivity contribution is 7.92. The Kier molecular flexibility index (Phi) is 11.3. The molecule has 3 rings (SSSR count). The van der Waals surface area contributed by atoms with Crippen molar-refractivity contribution in [2.45, 2.75) is 44.7 Å². The monoisotopic (exact) mass is 623 g/mol. The molecule has 0 unspecified atom stereocenters. The number of carbonyl (C=O) groups is 2. The molecule has 214 valence electrons. The van der Waals surface area contributed by atoms with Gasteiger partial charge >= 0.3 is 0 Å². The van der Waals surface area contributed by atoms with Crippen LogP contribution in [0.1, 0.15) is 32.8 Å². The molecule has 3 aromatic rings. The SMILES string of the molecule is CC[C@@H](C(=O)NCC(C)C)N(Cc1ccccc1Cl)C(=O)CN(c1cc(Cl)ccc1Cl)S(=O)(=O)c1ccccc1. The lowest BCUT2D eigenvalue weighted by atomic mass is 10.1. The zero-order valence-electron chi connectivity index (χ0n) is 22.5. The third-order valence-electron chi connectivity index (χ3n) is 6.16. The summed E-state index contributed by atoms with van der Waals surface area (Å²) in [6.07, 6.45) is 0.295. The zero-order valence-corrected chi connectivity index (χ0v) is 25.6. The standard InChI is InChI=1S/C29H32Cl3N3O4S/c1-4-26(29(37)33-17-20(2)3)34(18-21-10-8-9-13-24(21)31)28(36)19-35(27-16-22(30)14-15-25(27)32)40(38,39)23-11-6-5-7-12-23/h5-16,20,26H,4,17-19H2,1-3H3,(H,33,37)/t26-/m0/s1. The number of hydrogen-bond acceptors (Lipinski definition) is 4. The van der Waals surface area contributed by atoms with Crippen molar-refractivity contribution in [2.75, 3.05) is 17.4 Å². The molecule has 2 amide bonds. The number of sulfonamides is 1. The van der Waals surface area contributed by atoms with Gasteiger partial charge in [-0.25, -0.2) is 8.42 Å². The molecule has 7 nitrogen and oxygen atoms in total. The van der Waals surface area contributed by atoms with E-state index in [1.54, 1.807) is 49.4 Å². The highest BCUT2D eigenvalue weighted by Gasteiger charge is 2.34. The molecule has 0 spiro atoms. The van der Waals surface area contributed by atoms with Gasteiger partial charge in [0.15, 0.2) is 0 Å². The van der Waals surface area contributed by atoms with Crippen LogP contribution < -0.4 is 9.62 Å². The average Bonchev–Trinajstić information content (AvgIpc) is 2.93. The average molecular weight is 625 g/mol. The summed E-state index contributed by atoms with van der Waals surface area (Å²) in [4.78, 5) is 28.7. The van der Waals surface area contributed by atoms with E-state index >= 15 is 0 Å². The minimum atomic E-state index is -4.26. The quantitative estimate of drug-likeness (QED) is 0.252. The van der Waals surface area contributed by atoms with Gasteiger partial charge in [-0.3, -0.25) is 13.9 Å². The molecule has 0 aliphatic carbocycles. The normalized spacial score (nSPS) is 12.2. The van der Waals surface area contributed by atoms with Crippen molar-refractivity contribution in [1.29, 1.82) is 0 Å². The number of nitrogens with zero attached hydrogens (tertiary/aromatic N) is 2. The summed E-state index contributed by atoms with van der Waals surface area (Å²) in [7, 11) is -4.26. The van der Waals surface area contributed by atoms with E-state index in [1.807, 2.05) is 13.8 Å². The number of amides is 2. The molecule has 0 aliphatic heterocycles. The molecule has 0 fully saturated rings. The number of rotatable bonds is 12. The highest BCUT2D eigenvalue weighted by Crippen LogP contribution is 2.33. The van der Waals surface area contributed by atoms with Crippen molar-refractivity contribution in [2.24, 2.45) is 5.92 Å². The summed E-state index contributed by atoms with van der Waals surface area (Å²) in [5.41, 5.74) is 0.659. The Morgan fingerprint density at radius 3 is 2.17 bits per heavy atom. The molecule has 0 aromatic heterocycles. The van der Waals surface area contributed by atoms with E-state index < -0.39 is 28.5 Å². The zero-order chi connectivity index (χ0) is 29.4. The molecule has 0 bridgehead atoms. The van der Waals surface area contributed by atoms with Crippen molar-refractivity contribution in [3.63, 3.8) is 0 Å². The van der Waals surface area contributed by atoms with E-state index in [4.69, 9.17) is 34.8 Å². The first-order valence-corrected chi connectivity index (χ1v) is 15.4. The molecule has 1 N–H and O–H groups in total. The number of carbonyl (C=O) groups excluding carboxylic acids is 2. The summed E-state index contributed by atoms with van der Waals surface area (Å²) in [6, 6.07) is 18.2. The van der Waals surface area contributed by atoms with Crippen LogP contribution >= 0.6 is 34.8 Å². The molecule has 0 saturated carbocycles. The number of anilines is 1. The Balaban J connectivity index is 2.09. The van der Waals surface area contributed by atoms with Gasteiger partial charge in [0, 0.05) is 23.1 Å². The van der Waals surface area contributed by atoms with Crippen LogP contribution in [0, 0.1) is 5.92 Å². The van der Waals surface area contributed by atoms with Crippen LogP contribution in [0.25, 0.3) is 0 Å². The van der Waals surface area contributed by atoms with Crippen LogP contribution in [-0.2, 0) is 26.2 Å². The molecule has 0 aliphatic rings. The van der Waals surface area contributed by atoms with Gasteiger partial charge in [-0.2, -0.15) is 0 Å². The van der Waals surface area contributed by atoms with E-state index in [0.29, 0.717) is 23.6 Å². The van der Waals surface area contributed by atoms with Crippen molar-refractivity contribution in [3.05, 3.63) is 93.4 Å². The van der Waals surface area contributed by atoms with Crippen LogP contribution in [0.3, 0.4) is 0 Å². The summed E-state index contributed by atoms with van der Waals surface area (Å²) >= 11 is 19.1. The van der Waals surface area contributed by atoms with Crippen LogP contribution in [0.4, 0.5) is 5.69 Å². The van der Waals surface area contributed by atoms with E-state index in [2.05, 4.69) is 5.32 Å². The van der Waals surface area contributed by atoms with Crippen LogP contribution in [0.2, 0.25) is 15.1 Å². The first kappa shape index (κ1) is 31.7. The van der Waals surface area contributed by atoms with Gasteiger partial charge in [-0.05, 0) is 54.3 Å². The van der Waals surface area contributed by atoms with Crippen molar-refractivity contribution in [3.8, 4) is 0 Å². The number of nitrogens with one attached hydrogen (secondary N) is 1. The highest BCUT2D eigenvalue weighted by atomic mass is 35.5. The van der Waals surface area contributed by atoms with Gasteiger partial charge < -0.3 is 10.2 Å². The Labute approximate surface area is 251 Å². The predicted molar refractivity (Wildman–Crippen MR) is 161 cm³/mol. The molecule has 0 radical (unpaired) electrons. The van der Waals surface area contributed by atoms with Crippen LogP contribution in [-0.4, -0.2) is 44.3 Å². The van der Waals surface area contributed by atoms with E-state index in [1.165, 1.54) is 35.2 Å². The lowest BCUT2D eigenvalue weighted by Crippen LogP contribution is -2.52. The van der Waals surface area contributed by atoms with Gasteiger partial charge in [-0.15, -0.1) is 0 Å². The summed E-state index contributed by atoms with van der Waals surface area (Å²) in [5, 5.41) is 3.65.